The number of hydrogen-bond donors (Lipinski definition) is 3. The van der Waals surface area contributed by atoms with Crippen LogP contribution in [0.3, 0.4) is 0 Å². The quantitative estimate of drug-likeness (QED) is 0.0532. The Balaban J connectivity index is 3.33. The molecule has 0 aromatic carbocycles. The van der Waals surface area contributed by atoms with E-state index in [0.29, 0.717) is 12.8 Å². The van der Waals surface area contributed by atoms with Crippen molar-refractivity contribution < 1.29 is 15.0 Å². The average Bonchev–Trinajstić information content (AvgIpc) is 3.45. The summed E-state index contributed by atoms with van der Waals surface area (Å²) in [6, 6.07) is -0.533. The third kappa shape index (κ3) is 68.1. The molecule has 3 N–H and O–H groups in total. The number of carbonyl (C=O) groups is 1. The van der Waals surface area contributed by atoms with Gasteiger partial charge in [-0.05, 0) is 12.8 Å². The van der Waals surface area contributed by atoms with Crippen molar-refractivity contribution in [2.45, 2.75) is 469 Å². The van der Waals surface area contributed by atoms with Gasteiger partial charge in [-0.15, -0.1) is 0 Å². The van der Waals surface area contributed by atoms with Gasteiger partial charge in [-0.2, -0.15) is 0 Å². The molecular weight excluding hydrogens is 963 g/mol. The maximum Gasteiger partial charge on any atom is 0.220 e. The van der Waals surface area contributed by atoms with Crippen LogP contribution in [-0.2, 0) is 4.79 Å². The third-order valence-corrected chi connectivity index (χ3v) is 18.4. The fourth-order valence-corrected chi connectivity index (χ4v) is 12.7. The van der Waals surface area contributed by atoms with E-state index in [2.05, 4.69) is 19.2 Å². The standard InChI is InChI=1S/C75H151NO3/c1-3-5-7-9-11-13-15-17-19-21-23-25-27-29-31-33-34-35-36-37-38-39-40-41-42-43-45-47-49-51-53-55-57-59-61-63-65-67-69-71-75(79)76-73(72-77)74(78)70-68-66-64-62-60-58-56-54-52-50-48-46-44-32-30-28-26-24-22-20-18-16-14-12-10-8-6-4-2/h73-74,77-78H,3-72H2,1-2H3,(H,76,79). The molecule has 0 aliphatic carbocycles. The van der Waals surface area contributed by atoms with Crippen LogP contribution in [-0.4, -0.2) is 34.9 Å². The van der Waals surface area contributed by atoms with Crippen LogP contribution in [0.15, 0.2) is 0 Å². The molecule has 0 bridgehead atoms. The van der Waals surface area contributed by atoms with Crippen LogP contribution in [0.25, 0.3) is 0 Å². The second-order valence-corrected chi connectivity index (χ2v) is 26.4. The van der Waals surface area contributed by atoms with Gasteiger partial charge >= 0.3 is 0 Å². The summed E-state index contributed by atoms with van der Waals surface area (Å²) in [7, 11) is 0. The van der Waals surface area contributed by atoms with Gasteiger partial charge in [0.2, 0.25) is 5.91 Å². The minimum Gasteiger partial charge on any atom is -0.394 e. The topological polar surface area (TPSA) is 69.6 Å². The Bertz CT molecular complexity index is 1080. The molecule has 0 spiro atoms. The van der Waals surface area contributed by atoms with Crippen molar-refractivity contribution in [3.63, 3.8) is 0 Å². The maximum absolute atomic E-state index is 12.6. The van der Waals surface area contributed by atoms with E-state index in [1.165, 1.54) is 405 Å². The Morgan fingerprint density at radius 3 is 0.570 bits per heavy atom. The van der Waals surface area contributed by atoms with Crippen LogP contribution in [0.1, 0.15) is 457 Å². The SMILES string of the molecule is CCCCCCCCCCCCCCCCCCCCCCCCCCCCCCCCCCCCCCCCCC(=O)NC(CO)C(O)CCCCCCCCCCCCCCCCCCCCCCCCCCCCCC. The zero-order valence-electron chi connectivity index (χ0n) is 55.0. The Hall–Kier alpha value is -0.610. The van der Waals surface area contributed by atoms with Crippen LogP contribution < -0.4 is 5.32 Å². The van der Waals surface area contributed by atoms with Gasteiger partial charge in [-0.3, -0.25) is 4.79 Å². The molecule has 4 heteroatoms. The summed E-state index contributed by atoms with van der Waals surface area (Å²) in [5, 5.41) is 23.5. The largest absolute Gasteiger partial charge is 0.394 e. The smallest absolute Gasteiger partial charge is 0.220 e. The number of carbonyl (C=O) groups excluding carboxylic acids is 1. The summed E-state index contributed by atoms with van der Waals surface area (Å²) < 4.78 is 0. The summed E-state index contributed by atoms with van der Waals surface area (Å²) in [5.41, 5.74) is 0. The lowest BCUT2D eigenvalue weighted by molar-refractivity contribution is -0.123. The number of rotatable bonds is 72. The first-order valence-corrected chi connectivity index (χ1v) is 37.7. The van der Waals surface area contributed by atoms with Crippen LogP contribution in [0.4, 0.5) is 0 Å². The second kappa shape index (κ2) is 71.7. The maximum atomic E-state index is 12.6. The molecule has 0 heterocycles. The molecule has 2 atom stereocenters. The zero-order chi connectivity index (χ0) is 56.9. The van der Waals surface area contributed by atoms with E-state index in [1.807, 2.05) is 0 Å². The number of aliphatic hydroxyl groups excluding tert-OH is 2. The molecule has 474 valence electrons. The highest BCUT2D eigenvalue weighted by Crippen LogP contribution is 2.21. The molecule has 0 aromatic heterocycles. The Morgan fingerprint density at radius 1 is 0.253 bits per heavy atom. The Morgan fingerprint density at radius 2 is 0.405 bits per heavy atom. The third-order valence-electron chi connectivity index (χ3n) is 18.4. The summed E-state index contributed by atoms with van der Waals surface area (Å²) >= 11 is 0. The fourth-order valence-electron chi connectivity index (χ4n) is 12.7. The van der Waals surface area contributed by atoms with Crippen molar-refractivity contribution in [3.05, 3.63) is 0 Å². The molecule has 0 fully saturated rings. The lowest BCUT2D eigenvalue weighted by atomic mass is 10.0. The highest BCUT2D eigenvalue weighted by atomic mass is 16.3. The van der Waals surface area contributed by atoms with Crippen molar-refractivity contribution in [1.29, 1.82) is 0 Å². The summed E-state index contributed by atoms with van der Waals surface area (Å²) in [6.45, 7) is 4.42. The minimum atomic E-state index is -0.657. The van der Waals surface area contributed by atoms with Gasteiger partial charge in [0.15, 0.2) is 0 Å². The first kappa shape index (κ1) is 78.4. The van der Waals surface area contributed by atoms with Gasteiger partial charge in [0.05, 0.1) is 18.8 Å². The van der Waals surface area contributed by atoms with E-state index in [4.69, 9.17) is 0 Å². The molecule has 0 aromatic rings. The Labute approximate surface area is 499 Å². The second-order valence-electron chi connectivity index (χ2n) is 26.4. The molecule has 0 rings (SSSR count). The van der Waals surface area contributed by atoms with Crippen LogP contribution >= 0.6 is 0 Å². The molecule has 79 heavy (non-hydrogen) atoms. The van der Waals surface area contributed by atoms with Crippen LogP contribution in [0, 0.1) is 0 Å². The highest BCUT2D eigenvalue weighted by molar-refractivity contribution is 5.76. The predicted molar refractivity (Wildman–Crippen MR) is 355 cm³/mol. The van der Waals surface area contributed by atoms with Crippen molar-refractivity contribution in [2.24, 2.45) is 0 Å². The molecular formula is C75H151NO3. The normalized spacial score (nSPS) is 12.5. The first-order valence-electron chi connectivity index (χ1n) is 37.7. The first-order chi connectivity index (χ1) is 39.2. The molecule has 0 radical (unpaired) electrons. The summed E-state index contributed by atoms with van der Waals surface area (Å²) in [6.07, 6.45) is 94.9. The minimum absolute atomic E-state index is 0.0185. The van der Waals surface area contributed by atoms with Crippen molar-refractivity contribution in [2.75, 3.05) is 6.61 Å². The molecule has 2 unspecified atom stereocenters. The highest BCUT2D eigenvalue weighted by Gasteiger charge is 2.20. The van der Waals surface area contributed by atoms with E-state index in [9.17, 15) is 15.0 Å². The molecule has 0 aliphatic heterocycles. The zero-order valence-corrected chi connectivity index (χ0v) is 55.0. The number of amides is 1. The number of aliphatic hydroxyl groups is 2. The molecule has 0 aliphatic rings. The van der Waals surface area contributed by atoms with Gasteiger partial charge in [0.1, 0.15) is 0 Å². The number of hydrogen-bond acceptors (Lipinski definition) is 3. The predicted octanol–water partition coefficient (Wildman–Crippen LogP) is 25.8. The summed E-state index contributed by atoms with van der Waals surface area (Å²) in [4.78, 5) is 12.6. The number of unbranched alkanes of at least 4 members (excludes halogenated alkanes) is 65. The van der Waals surface area contributed by atoms with E-state index in [-0.39, 0.29) is 12.5 Å². The molecule has 0 saturated carbocycles. The van der Waals surface area contributed by atoms with E-state index in [0.717, 1.165) is 25.7 Å². The molecule has 4 nitrogen and oxygen atoms in total. The lowest BCUT2D eigenvalue weighted by Gasteiger charge is -2.22. The monoisotopic (exact) mass is 1110 g/mol. The number of nitrogens with one attached hydrogen (secondary N) is 1. The van der Waals surface area contributed by atoms with E-state index in [1.54, 1.807) is 0 Å². The van der Waals surface area contributed by atoms with Crippen molar-refractivity contribution in [3.8, 4) is 0 Å². The van der Waals surface area contributed by atoms with Gasteiger partial charge in [-0.25, -0.2) is 0 Å². The Kier molecular flexibility index (Phi) is 71.1. The lowest BCUT2D eigenvalue weighted by Crippen LogP contribution is -2.45. The molecule has 1 amide bonds. The van der Waals surface area contributed by atoms with Crippen LogP contribution in [0.2, 0.25) is 0 Å². The van der Waals surface area contributed by atoms with Gasteiger partial charge in [0, 0.05) is 6.42 Å². The summed E-state index contributed by atoms with van der Waals surface area (Å²) in [5.74, 6) is -0.0185. The van der Waals surface area contributed by atoms with E-state index >= 15 is 0 Å². The van der Waals surface area contributed by atoms with Crippen molar-refractivity contribution in [1.82, 2.24) is 5.32 Å². The van der Waals surface area contributed by atoms with Gasteiger partial charge in [-0.1, -0.05) is 438 Å². The average molecular weight is 1120 g/mol. The van der Waals surface area contributed by atoms with E-state index < -0.39 is 12.1 Å². The van der Waals surface area contributed by atoms with Crippen LogP contribution in [0.5, 0.6) is 0 Å². The molecule has 0 saturated heterocycles. The van der Waals surface area contributed by atoms with Gasteiger partial charge in [0.25, 0.3) is 0 Å². The van der Waals surface area contributed by atoms with Crippen molar-refractivity contribution >= 4 is 5.91 Å². The fraction of sp³-hybridized carbons (Fsp3) is 0.987. The van der Waals surface area contributed by atoms with Gasteiger partial charge < -0.3 is 15.5 Å².